The molecule has 0 radical (unpaired) electrons. The molecule has 0 aliphatic carbocycles. The van der Waals surface area contributed by atoms with E-state index in [1.165, 1.54) is 6.07 Å². The van der Waals surface area contributed by atoms with E-state index in [4.69, 9.17) is 4.52 Å². The van der Waals surface area contributed by atoms with Gasteiger partial charge >= 0.3 is 0 Å². The Kier molecular flexibility index (Phi) is 5.47. The molecule has 3 aromatic rings. The van der Waals surface area contributed by atoms with Gasteiger partial charge < -0.3 is 9.42 Å². The SMILES string of the molecule is O=C(c1cncc(Br)c1)N1CCC[C@@H](Cc2nc(-c3ccccc3F)no2)C1. The molecule has 1 atom stereocenters. The van der Waals surface area contributed by atoms with Crippen molar-refractivity contribution in [2.24, 2.45) is 5.92 Å². The van der Waals surface area contributed by atoms with Gasteiger partial charge in [-0.2, -0.15) is 4.98 Å². The van der Waals surface area contributed by atoms with Gasteiger partial charge in [0, 0.05) is 36.4 Å². The number of nitrogens with zero attached hydrogens (tertiary/aromatic N) is 4. The van der Waals surface area contributed by atoms with E-state index in [0.717, 1.165) is 17.3 Å². The largest absolute Gasteiger partial charge is 0.339 e. The normalized spacial score (nSPS) is 16.9. The van der Waals surface area contributed by atoms with Crippen LogP contribution in [0.15, 0.2) is 51.7 Å². The van der Waals surface area contributed by atoms with Crippen molar-refractivity contribution in [2.45, 2.75) is 19.3 Å². The molecule has 6 nitrogen and oxygen atoms in total. The van der Waals surface area contributed by atoms with Crippen LogP contribution in [-0.2, 0) is 6.42 Å². The molecular formula is C20H18BrFN4O2. The third kappa shape index (κ3) is 4.11. The van der Waals surface area contributed by atoms with Crippen LogP contribution in [0, 0.1) is 11.7 Å². The second kappa shape index (κ2) is 8.18. The van der Waals surface area contributed by atoms with Gasteiger partial charge in [-0.1, -0.05) is 17.3 Å². The smallest absolute Gasteiger partial charge is 0.255 e. The molecule has 0 N–H and O–H groups in total. The van der Waals surface area contributed by atoms with Gasteiger partial charge in [0.25, 0.3) is 5.91 Å². The number of hydrogen-bond donors (Lipinski definition) is 0. The predicted octanol–water partition coefficient (Wildman–Crippen LogP) is 4.13. The lowest BCUT2D eigenvalue weighted by molar-refractivity contribution is 0.0667. The molecule has 0 bridgehead atoms. The van der Waals surface area contributed by atoms with Gasteiger partial charge in [-0.15, -0.1) is 0 Å². The van der Waals surface area contributed by atoms with Crippen molar-refractivity contribution in [3.63, 3.8) is 0 Å². The topological polar surface area (TPSA) is 72.1 Å². The van der Waals surface area contributed by atoms with Crippen molar-refractivity contribution in [3.8, 4) is 11.4 Å². The molecule has 28 heavy (non-hydrogen) atoms. The standard InChI is InChI=1S/C20H18BrFN4O2/c21-15-9-14(10-23-11-15)20(27)26-7-3-4-13(12-26)8-18-24-19(25-28-18)16-5-1-2-6-17(16)22/h1-2,5-6,9-11,13H,3-4,7-8,12H2/t13-/m0/s1. The minimum Gasteiger partial charge on any atom is -0.339 e. The molecule has 1 aromatic carbocycles. The van der Waals surface area contributed by atoms with Crippen molar-refractivity contribution in [1.29, 1.82) is 0 Å². The quantitative estimate of drug-likeness (QED) is 0.604. The number of carbonyl (C=O) groups excluding carboxylic acids is 1. The highest BCUT2D eigenvalue weighted by molar-refractivity contribution is 9.10. The van der Waals surface area contributed by atoms with Crippen molar-refractivity contribution >= 4 is 21.8 Å². The number of pyridine rings is 1. The highest BCUT2D eigenvalue weighted by Gasteiger charge is 2.26. The molecule has 3 heterocycles. The molecule has 0 spiro atoms. The van der Waals surface area contributed by atoms with E-state index < -0.39 is 0 Å². The molecular weight excluding hydrogens is 427 g/mol. The van der Waals surface area contributed by atoms with Crippen LogP contribution in [0.1, 0.15) is 29.1 Å². The summed E-state index contributed by atoms with van der Waals surface area (Å²) in [7, 11) is 0. The average molecular weight is 445 g/mol. The first kappa shape index (κ1) is 18.7. The fourth-order valence-corrected chi connectivity index (χ4v) is 3.83. The molecule has 1 fully saturated rings. The summed E-state index contributed by atoms with van der Waals surface area (Å²) in [6.45, 7) is 1.33. The summed E-state index contributed by atoms with van der Waals surface area (Å²) in [4.78, 5) is 23.0. The summed E-state index contributed by atoms with van der Waals surface area (Å²) in [5, 5.41) is 3.90. The Hall–Kier alpha value is -2.61. The van der Waals surface area contributed by atoms with E-state index in [1.807, 2.05) is 4.90 Å². The summed E-state index contributed by atoms with van der Waals surface area (Å²) in [5.41, 5.74) is 0.884. The fourth-order valence-electron chi connectivity index (χ4n) is 3.46. The average Bonchev–Trinajstić information content (AvgIpc) is 3.16. The van der Waals surface area contributed by atoms with Gasteiger partial charge in [0.1, 0.15) is 5.82 Å². The number of hydrogen-bond acceptors (Lipinski definition) is 5. The lowest BCUT2D eigenvalue weighted by Crippen LogP contribution is -2.40. The number of amides is 1. The predicted molar refractivity (Wildman–Crippen MR) is 104 cm³/mol. The van der Waals surface area contributed by atoms with E-state index in [0.29, 0.717) is 36.5 Å². The molecule has 4 rings (SSSR count). The Balaban J connectivity index is 1.43. The van der Waals surface area contributed by atoms with E-state index >= 15 is 0 Å². The number of rotatable bonds is 4. The highest BCUT2D eigenvalue weighted by Crippen LogP contribution is 2.24. The lowest BCUT2D eigenvalue weighted by Gasteiger charge is -2.32. The van der Waals surface area contributed by atoms with Crippen LogP contribution in [0.4, 0.5) is 4.39 Å². The zero-order valence-electron chi connectivity index (χ0n) is 15.0. The number of aromatic nitrogens is 3. The van der Waals surface area contributed by atoms with Gasteiger partial charge in [-0.25, -0.2) is 4.39 Å². The first-order valence-corrected chi connectivity index (χ1v) is 9.87. The van der Waals surface area contributed by atoms with Crippen LogP contribution < -0.4 is 0 Å². The second-order valence-electron chi connectivity index (χ2n) is 6.85. The first-order chi connectivity index (χ1) is 13.6. The van der Waals surface area contributed by atoms with Gasteiger partial charge in [0.05, 0.1) is 11.1 Å². The minimum atomic E-state index is -0.382. The molecule has 0 unspecified atom stereocenters. The zero-order valence-corrected chi connectivity index (χ0v) is 16.6. The Bertz CT molecular complexity index is 994. The molecule has 1 saturated heterocycles. The number of carbonyl (C=O) groups is 1. The molecule has 1 amide bonds. The van der Waals surface area contributed by atoms with Crippen LogP contribution in [0.25, 0.3) is 11.4 Å². The van der Waals surface area contributed by atoms with Gasteiger partial charge in [-0.3, -0.25) is 9.78 Å². The van der Waals surface area contributed by atoms with E-state index in [2.05, 4.69) is 31.1 Å². The molecule has 8 heteroatoms. The van der Waals surface area contributed by atoms with Crippen molar-refractivity contribution < 1.29 is 13.7 Å². The summed E-state index contributed by atoms with van der Waals surface area (Å²) in [5.74, 6) is 0.508. The Morgan fingerprint density at radius 1 is 1.32 bits per heavy atom. The monoisotopic (exact) mass is 444 g/mol. The maximum absolute atomic E-state index is 13.9. The van der Waals surface area contributed by atoms with Crippen LogP contribution in [0.2, 0.25) is 0 Å². The number of benzene rings is 1. The van der Waals surface area contributed by atoms with Crippen LogP contribution in [-0.4, -0.2) is 39.0 Å². The molecule has 2 aromatic heterocycles. The molecule has 1 aliphatic heterocycles. The summed E-state index contributed by atoms with van der Waals surface area (Å²) < 4.78 is 20.0. The van der Waals surface area contributed by atoms with E-state index in [1.54, 1.807) is 36.7 Å². The summed E-state index contributed by atoms with van der Waals surface area (Å²) in [6.07, 6.45) is 5.67. The number of likely N-dealkylation sites (tertiary alicyclic amines) is 1. The van der Waals surface area contributed by atoms with E-state index in [9.17, 15) is 9.18 Å². The molecule has 0 saturated carbocycles. The summed E-state index contributed by atoms with van der Waals surface area (Å²) >= 11 is 3.35. The van der Waals surface area contributed by atoms with Crippen molar-refractivity contribution in [2.75, 3.05) is 13.1 Å². The number of halogens is 2. The summed E-state index contributed by atoms with van der Waals surface area (Å²) in [6, 6.07) is 8.12. The lowest BCUT2D eigenvalue weighted by atomic mass is 9.94. The molecule has 144 valence electrons. The minimum absolute atomic E-state index is 0.0314. The maximum atomic E-state index is 13.9. The van der Waals surface area contributed by atoms with Crippen molar-refractivity contribution in [1.82, 2.24) is 20.0 Å². The van der Waals surface area contributed by atoms with Crippen molar-refractivity contribution in [3.05, 3.63) is 64.5 Å². The fraction of sp³-hybridized carbons (Fsp3) is 0.300. The van der Waals surface area contributed by atoms with Crippen LogP contribution in [0.3, 0.4) is 0 Å². The van der Waals surface area contributed by atoms with E-state index in [-0.39, 0.29) is 23.5 Å². The first-order valence-electron chi connectivity index (χ1n) is 9.07. The Morgan fingerprint density at radius 2 is 2.18 bits per heavy atom. The van der Waals surface area contributed by atoms with Crippen LogP contribution >= 0.6 is 15.9 Å². The Morgan fingerprint density at radius 3 is 3.00 bits per heavy atom. The third-order valence-corrected chi connectivity index (χ3v) is 5.24. The van der Waals surface area contributed by atoms with Crippen LogP contribution in [0.5, 0.6) is 0 Å². The molecule has 1 aliphatic rings. The third-order valence-electron chi connectivity index (χ3n) is 4.80. The number of piperidine rings is 1. The maximum Gasteiger partial charge on any atom is 0.255 e. The van der Waals surface area contributed by atoms with Gasteiger partial charge in [-0.05, 0) is 52.9 Å². The van der Waals surface area contributed by atoms with Gasteiger partial charge in [0.2, 0.25) is 11.7 Å². The zero-order chi connectivity index (χ0) is 19.5. The highest BCUT2D eigenvalue weighted by atomic mass is 79.9. The van der Waals surface area contributed by atoms with Gasteiger partial charge in [0.15, 0.2) is 0 Å². The second-order valence-corrected chi connectivity index (χ2v) is 7.76. The Labute approximate surface area is 169 Å².